The lowest BCUT2D eigenvalue weighted by atomic mass is 10.1. The summed E-state index contributed by atoms with van der Waals surface area (Å²) in [7, 11) is 0. The number of ether oxygens (including phenoxy) is 1. The lowest BCUT2D eigenvalue weighted by Crippen LogP contribution is -2.33. The molecule has 126 valence electrons. The van der Waals surface area contributed by atoms with Gasteiger partial charge < -0.3 is 36.2 Å². The number of nitrogen functional groups attached to an aromatic ring is 1. The van der Waals surface area contributed by atoms with Crippen LogP contribution in [-0.2, 0) is 4.74 Å². The highest BCUT2D eigenvalue weighted by Crippen LogP contribution is 2.34. The number of fused-ring (bicyclic) bond motifs is 1. The molecule has 0 spiro atoms. The topological polar surface area (TPSA) is 172 Å². The molecule has 0 aromatic carbocycles. The maximum atomic E-state index is 10.2. The summed E-state index contributed by atoms with van der Waals surface area (Å²) in [4.78, 5) is 12.2. The zero-order chi connectivity index (χ0) is 16.6. The maximum Gasteiger partial charge on any atom is 0.207 e. The number of aliphatic hydroxyl groups is 4. The van der Waals surface area contributed by atoms with Crippen LogP contribution in [-0.4, -0.2) is 78.0 Å². The van der Waals surface area contributed by atoms with Crippen molar-refractivity contribution in [3.63, 3.8) is 0 Å². The summed E-state index contributed by atoms with van der Waals surface area (Å²) >= 11 is 0. The predicted molar refractivity (Wildman–Crippen MR) is 78.3 cm³/mol. The van der Waals surface area contributed by atoms with E-state index < -0.39 is 31.1 Å². The van der Waals surface area contributed by atoms with Gasteiger partial charge in [0.25, 0.3) is 0 Å². The second-order valence-electron chi connectivity index (χ2n) is 5.12. The fourth-order valence-corrected chi connectivity index (χ4v) is 2.55. The number of aromatic nitrogens is 4. The molecule has 2 aromatic rings. The van der Waals surface area contributed by atoms with E-state index >= 15 is 0 Å². The van der Waals surface area contributed by atoms with Crippen molar-refractivity contribution in [2.75, 3.05) is 30.8 Å². The smallest absolute Gasteiger partial charge is 0.207 e. The zero-order valence-corrected chi connectivity index (χ0v) is 12.1. The van der Waals surface area contributed by atoms with Gasteiger partial charge in [0.2, 0.25) is 5.95 Å². The summed E-state index contributed by atoms with van der Waals surface area (Å²) in [6, 6.07) is 0. The highest BCUT2D eigenvalue weighted by atomic mass is 16.6. The van der Waals surface area contributed by atoms with Gasteiger partial charge in [0.1, 0.15) is 24.6 Å². The van der Waals surface area contributed by atoms with E-state index in [4.69, 9.17) is 15.6 Å². The standard InChI is InChI=1S/C12H18N6O5/c13-9-6-10(16-4-15-9)18(12(17-6)14-1-2-19)11-8(22)7(21)5(3-20)23-11/h4-5,7-8,11,19-22H,1-3H2,(H,14,17)(H2,13,15,16)/t5-,7?,8?,11-/m1/s1. The molecule has 11 nitrogen and oxygen atoms in total. The predicted octanol–water partition coefficient (Wildman–Crippen LogP) is -2.58. The Labute approximate surface area is 130 Å². The SMILES string of the molecule is Nc1ncnc2c1nc(NCCO)n2[C@@H]1O[C@H](CO)C(O)C1O. The second-order valence-corrected chi connectivity index (χ2v) is 5.12. The molecule has 11 heteroatoms. The number of aliphatic hydroxyl groups excluding tert-OH is 4. The number of hydrogen-bond acceptors (Lipinski definition) is 10. The third kappa shape index (κ3) is 2.58. The Morgan fingerprint density at radius 1 is 1.26 bits per heavy atom. The van der Waals surface area contributed by atoms with Gasteiger partial charge >= 0.3 is 0 Å². The van der Waals surface area contributed by atoms with E-state index in [2.05, 4.69) is 20.3 Å². The quantitative estimate of drug-likeness (QED) is 0.343. The second kappa shape index (κ2) is 6.22. The van der Waals surface area contributed by atoms with E-state index in [0.29, 0.717) is 11.2 Å². The summed E-state index contributed by atoms with van der Waals surface area (Å²) in [5.74, 6) is 0.392. The first-order chi connectivity index (χ1) is 11.1. The Bertz CT molecular complexity index is 694. The molecule has 7 N–H and O–H groups in total. The van der Waals surface area contributed by atoms with Crippen molar-refractivity contribution >= 4 is 22.9 Å². The Morgan fingerprint density at radius 3 is 2.70 bits per heavy atom. The molecule has 23 heavy (non-hydrogen) atoms. The van der Waals surface area contributed by atoms with Crippen molar-refractivity contribution in [1.82, 2.24) is 19.5 Å². The first kappa shape index (κ1) is 15.8. The average Bonchev–Trinajstić information content (AvgIpc) is 3.05. The van der Waals surface area contributed by atoms with Gasteiger partial charge in [0.15, 0.2) is 23.2 Å². The Hall–Kier alpha value is -2.05. The monoisotopic (exact) mass is 326 g/mol. The van der Waals surface area contributed by atoms with Crippen LogP contribution in [0.15, 0.2) is 6.33 Å². The number of imidazole rings is 1. The number of hydrogen-bond donors (Lipinski definition) is 6. The minimum absolute atomic E-state index is 0.139. The van der Waals surface area contributed by atoms with Gasteiger partial charge in [0.05, 0.1) is 13.2 Å². The van der Waals surface area contributed by atoms with Crippen LogP contribution in [0.5, 0.6) is 0 Å². The molecule has 1 aliphatic heterocycles. The summed E-state index contributed by atoms with van der Waals surface area (Å²) < 4.78 is 6.94. The van der Waals surface area contributed by atoms with Crippen molar-refractivity contribution in [2.24, 2.45) is 0 Å². The Morgan fingerprint density at radius 2 is 2.04 bits per heavy atom. The Kier molecular flexibility index (Phi) is 4.28. The van der Waals surface area contributed by atoms with Gasteiger partial charge in [-0.1, -0.05) is 0 Å². The van der Waals surface area contributed by atoms with Crippen LogP contribution in [0.4, 0.5) is 11.8 Å². The molecule has 2 aromatic heterocycles. The van der Waals surface area contributed by atoms with Crippen LogP contribution in [0.2, 0.25) is 0 Å². The fraction of sp³-hybridized carbons (Fsp3) is 0.583. The van der Waals surface area contributed by atoms with Gasteiger partial charge in [0, 0.05) is 6.54 Å². The molecule has 1 saturated heterocycles. The number of nitrogens with zero attached hydrogens (tertiary/aromatic N) is 4. The van der Waals surface area contributed by atoms with Crippen LogP contribution in [0.1, 0.15) is 6.23 Å². The molecular formula is C12H18N6O5. The molecule has 0 saturated carbocycles. The molecule has 1 aliphatic rings. The molecule has 3 rings (SSSR count). The number of rotatable bonds is 5. The molecule has 4 atom stereocenters. The first-order valence-corrected chi connectivity index (χ1v) is 7.04. The molecule has 0 bridgehead atoms. The molecule has 1 fully saturated rings. The van der Waals surface area contributed by atoms with Gasteiger partial charge in [-0.2, -0.15) is 0 Å². The van der Waals surface area contributed by atoms with Crippen LogP contribution in [0.25, 0.3) is 11.2 Å². The van der Waals surface area contributed by atoms with Gasteiger partial charge in [-0.3, -0.25) is 4.57 Å². The first-order valence-electron chi connectivity index (χ1n) is 7.04. The van der Waals surface area contributed by atoms with E-state index in [-0.39, 0.29) is 24.9 Å². The summed E-state index contributed by atoms with van der Waals surface area (Å²) in [5, 5.41) is 41.2. The van der Waals surface area contributed by atoms with Crippen LogP contribution in [0.3, 0.4) is 0 Å². The largest absolute Gasteiger partial charge is 0.395 e. The summed E-state index contributed by atoms with van der Waals surface area (Å²) in [6.45, 7) is -0.385. The number of nitrogens with one attached hydrogen (secondary N) is 1. The van der Waals surface area contributed by atoms with Crippen molar-refractivity contribution < 1.29 is 25.2 Å². The van der Waals surface area contributed by atoms with Gasteiger partial charge in [-0.25, -0.2) is 15.0 Å². The molecule has 3 heterocycles. The minimum Gasteiger partial charge on any atom is -0.395 e. The molecular weight excluding hydrogens is 308 g/mol. The summed E-state index contributed by atoms with van der Waals surface area (Å²) in [5.41, 5.74) is 6.38. The number of anilines is 2. The number of nitrogens with two attached hydrogens (primary N) is 1. The normalized spacial score (nSPS) is 27.7. The van der Waals surface area contributed by atoms with Crippen molar-refractivity contribution in [3.05, 3.63) is 6.33 Å². The lowest BCUT2D eigenvalue weighted by molar-refractivity contribution is -0.0501. The lowest BCUT2D eigenvalue weighted by Gasteiger charge is -2.19. The van der Waals surface area contributed by atoms with Crippen LogP contribution in [0, 0.1) is 0 Å². The highest BCUT2D eigenvalue weighted by Gasteiger charge is 2.45. The molecule has 0 radical (unpaired) electrons. The maximum absolute atomic E-state index is 10.2. The van der Waals surface area contributed by atoms with E-state index in [1.807, 2.05) is 0 Å². The van der Waals surface area contributed by atoms with Crippen LogP contribution >= 0.6 is 0 Å². The van der Waals surface area contributed by atoms with E-state index in [0.717, 1.165) is 0 Å². The molecule has 0 amide bonds. The third-order valence-electron chi connectivity index (χ3n) is 3.67. The fourth-order valence-electron chi connectivity index (χ4n) is 2.55. The van der Waals surface area contributed by atoms with Gasteiger partial charge in [-0.05, 0) is 0 Å². The highest BCUT2D eigenvalue weighted by molar-refractivity contribution is 5.84. The average molecular weight is 326 g/mol. The minimum atomic E-state index is -1.30. The van der Waals surface area contributed by atoms with E-state index in [9.17, 15) is 15.3 Å². The van der Waals surface area contributed by atoms with Crippen molar-refractivity contribution in [2.45, 2.75) is 24.5 Å². The van der Waals surface area contributed by atoms with E-state index in [1.165, 1.54) is 10.9 Å². The van der Waals surface area contributed by atoms with Gasteiger partial charge in [-0.15, -0.1) is 0 Å². The molecule has 0 aliphatic carbocycles. The van der Waals surface area contributed by atoms with E-state index in [1.54, 1.807) is 0 Å². The molecule has 2 unspecified atom stereocenters. The van der Waals surface area contributed by atoms with Crippen molar-refractivity contribution in [3.8, 4) is 0 Å². The van der Waals surface area contributed by atoms with Crippen molar-refractivity contribution in [1.29, 1.82) is 0 Å². The summed E-state index contributed by atoms with van der Waals surface area (Å²) in [6.07, 6.45) is -3.27. The Balaban J connectivity index is 2.09. The van der Waals surface area contributed by atoms with Crippen LogP contribution < -0.4 is 11.1 Å². The third-order valence-corrected chi connectivity index (χ3v) is 3.67. The zero-order valence-electron chi connectivity index (χ0n) is 12.1.